The molecule has 0 aromatic carbocycles. The highest BCUT2D eigenvalue weighted by Gasteiger charge is 2.15. The van der Waals surface area contributed by atoms with E-state index in [1.54, 1.807) is 0 Å². The maximum atomic E-state index is 9.48. The van der Waals surface area contributed by atoms with Gasteiger partial charge in [-0.15, -0.1) is 0 Å². The van der Waals surface area contributed by atoms with Crippen LogP contribution >= 0.6 is 12.2 Å². The number of hydrogen-bond donors (Lipinski definition) is 1. The average Bonchev–Trinajstić information content (AvgIpc) is 1.65. The van der Waals surface area contributed by atoms with E-state index in [1.165, 1.54) is 0 Å². The van der Waals surface area contributed by atoms with Gasteiger partial charge in [-0.05, 0) is 0 Å². The summed E-state index contributed by atoms with van der Waals surface area (Å²) in [5.41, 5.74) is 0. The van der Waals surface area contributed by atoms with E-state index in [0.717, 1.165) is 0 Å². The van der Waals surface area contributed by atoms with Crippen molar-refractivity contribution in [3.8, 4) is 0 Å². The van der Waals surface area contributed by atoms with Gasteiger partial charge in [0.1, 0.15) is 0 Å². The van der Waals surface area contributed by atoms with Crippen LogP contribution in [0.4, 0.5) is 4.79 Å². The molecule has 0 saturated carbocycles. The van der Waals surface area contributed by atoms with E-state index >= 15 is 0 Å². The third-order valence-corrected chi connectivity index (χ3v) is 0.515. The van der Waals surface area contributed by atoms with Crippen LogP contribution in [0.3, 0.4) is 0 Å². The SMILES string of the molecule is O=C(O)[N+](=O)S[O-]. The van der Waals surface area contributed by atoms with E-state index in [9.17, 15) is 14.3 Å². The molecule has 7 heavy (non-hydrogen) atoms. The Kier molecular flexibility index (Phi) is 2.31. The molecule has 0 spiro atoms. The molecule has 0 aliphatic heterocycles. The highest BCUT2D eigenvalue weighted by molar-refractivity contribution is 7.87. The van der Waals surface area contributed by atoms with Crippen LogP contribution in [0, 0.1) is 4.91 Å². The van der Waals surface area contributed by atoms with Gasteiger partial charge >= 0.3 is 6.09 Å². The van der Waals surface area contributed by atoms with Crippen molar-refractivity contribution in [2.24, 2.45) is 0 Å². The molecule has 0 rings (SSSR count). The Hall–Kier alpha value is -0.620. The number of carbonyl (C=O) groups is 1. The molecule has 1 amide bonds. The molecule has 0 unspecified atom stereocenters. The maximum Gasteiger partial charge on any atom is 0.655 e. The summed E-state index contributed by atoms with van der Waals surface area (Å²) in [7, 11) is 0. The second kappa shape index (κ2) is 2.54. The Bertz CT molecular complexity index is 99.9. The molecule has 0 fully saturated rings. The zero-order valence-electron chi connectivity index (χ0n) is 3.03. The predicted molar refractivity (Wildman–Crippen MR) is 20.0 cm³/mol. The van der Waals surface area contributed by atoms with Crippen molar-refractivity contribution in [2.75, 3.05) is 0 Å². The molecule has 0 atom stereocenters. The molecule has 0 bridgehead atoms. The number of amides is 1. The molecule has 0 aromatic rings. The minimum Gasteiger partial charge on any atom is -0.737 e. The summed E-state index contributed by atoms with van der Waals surface area (Å²) in [6, 6.07) is 0. The lowest BCUT2D eigenvalue weighted by atomic mass is 11.3. The normalized spacial score (nSPS) is 8.14. The number of nitrogens with zero attached hydrogens (tertiary/aromatic N) is 1. The fraction of sp³-hybridized carbons (Fsp3) is 0. The molecular formula is CHNO4S. The smallest absolute Gasteiger partial charge is 0.655 e. The van der Waals surface area contributed by atoms with Gasteiger partial charge in [-0.1, -0.05) is 0 Å². The van der Waals surface area contributed by atoms with E-state index in [1.807, 2.05) is 0 Å². The molecular weight excluding hydrogens is 122 g/mol. The van der Waals surface area contributed by atoms with Gasteiger partial charge in [0.05, 0.1) is 0 Å². The summed E-state index contributed by atoms with van der Waals surface area (Å²) in [5, 5.41) is 7.57. The summed E-state index contributed by atoms with van der Waals surface area (Å²) < 4.78 is 8.54. The lowest BCUT2D eigenvalue weighted by Gasteiger charge is -1.80. The zero-order valence-corrected chi connectivity index (χ0v) is 3.84. The first-order valence-electron chi connectivity index (χ1n) is 1.18. The topological polar surface area (TPSA) is 80.4 Å². The van der Waals surface area contributed by atoms with Gasteiger partial charge in [-0.2, -0.15) is 4.79 Å². The summed E-state index contributed by atoms with van der Waals surface area (Å²) in [5.74, 6) is 0. The molecule has 1 N–H and O–H groups in total. The van der Waals surface area contributed by atoms with Crippen molar-refractivity contribution in [1.29, 1.82) is 0 Å². The second-order valence-corrected chi connectivity index (χ2v) is 1.09. The number of hydrogen-bond acceptors (Lipinski definition) is 4. The van der Waals surface area contributed by atoms with E-state index in [2.05, 4.69) is 0 Å². The van der Waals surface area contributed by atoms with E-state index < -0.39 is 22.5 Å². The highest BCUT2D eigenvalue weighted by atomic mass is 32.2. The lowest BCUT2D eigenvalue weighted by molar-refractivity contribution is -0.292. The largest absolute Gasteiger partial charge is 0.737 e. The van der Waals surface area contributed by atoms with Crippen LogP contribution in [-0.4, -0.2) is 19.9 Å². The van der Waals surface area contributed by atoms with Gasteiger partial charge in [0.15, 0.2) is 16.4 Å². The monoisotopic (exact) mass is 123 g/mol. The standard InChI is InChI=1S/CHNO4S/c3-1(4)2(5)7-6/h(H-,3,4,6). The van der Waals surface area contributed by atoms with Crippen LogP contribution in [0.5, 0.6) is 0 Å². The van der Waals surface area contributed by atoms with Crippen LogP contribution in [0.2, 0.25) is 0 Å². The molecule has 6 heteroatoms. The zero-order chi connectivity index (χ0) is 5.86. The third-order valence-electron chi connectivity index (χ3n) is 0.224. The maximum absolute atomic E-state index is 9.48. The van der Waals surface area contributed by atoms with Crippen LogP contribution in [0.25, 0.3) is 0 Å². The summed E-state index contributed by atoms with van der Waals surface area (Å²) in [6.45, 7) is 0. The fourth-order valence-corrected chi connectivity index (χ4v) is 0.0956. The highest BCUT2D eigenvalue weighted by Crippen LogP contribution is 1.90. The number of rotatable bonds is 1. The van der Waals surface area contributed by atoms with Gasteiger partial charge in [0.2, 0.25) is 0 Å². The Morgan fingerprint density at radius 1 is 1.86 bits per heavy atom. The Labute approximate surface area is 42.9 Å². The molecule has 0 aliphatic rings. The molecule has 0 aliphatic carbocycles. The molecule has 0 saturated heterocycles. The molecule has 0 heterocycles. The van der Waals surface area contributed by atoms with Gasteiger partial charge in [-0.3, -0.25) is 0 Å². The van der Waals surface area contributed by atoms with Crippen molar-refractivity contribution >= 4 is 18.3 Å². The van der Waals surface area contributed by atoms with Crippen molar-refractivity contribution < 1.29 is 18.6 Å². The summed E-state index contributed by atoms with van der Waals surface area (Å²) in [4.78, 5) is 18.8. The van der Waals surface area contributed by atoms with Crippen LogP contribution in [-0.2, 0) is 0 Å². The Balaban J connectivity index is 3.58. The van der Waals surface area contributed by atoms with Gasteiger partial charge in [0, 0.05) is 4.91 Å². The van der Waals surface area contributed by atoms with E-state index in [4.69, 9.17) is 5.11 Å². The number of nitroso groups, excluding NO2 is 1. The van der Waals surface area contributed by atoms with Crippen LogP contribution in [0.1, 0.15) is 0 Å². The van der Waals surface area contributed by atoms with Crippen LogP contribution < -0.4 is 0 Å². The quantitative estimate of drug-likeness (QED) is 0.306. The summed E-state index contributed by atoms with van der Waals surface area (Å²) >= 11 is -0.639. The molecule has 0 radical (unpaired) electrons. The first-order chi connectivity index (χ1) is 3.18. The van der Waals surface area contributed by atoms with Gasteiger partial charge in [0.25, 0.3) is 0 Å². The minimum absolute atomic E-state index is 0.639. The Morgan fingerprint density at radius 3 is 2.29 bits per heavy atom. The first kappa shape index (κ1) is 6.38. The number of carboxylic acid groups (broad SMARTS) is 1. The fourth-order valence-electron chi connectivity index (χ4n) is 0.0319. The molecule has 5 nitrogen and oxygen atoms in total. The third kappa shape index (κ3) is 2.12. The van der Waals surface area contributed by atoms with Gasteiger partial charge < -0.3 is 9.66 Å². The Morgan fingerprint density at radius 2 is 2.29 bits per heavy atom. The van der Waals surface area contributed by atoms with Crippen LogP contribution in [0.15, 0.2) is 0 Å². The van der Waals surface area contributed by atoms with Gasteiger partial charge in [-0.25, -0.2) is 0 Å². The predicted octanol–water partition coefficient (Wildman–Crippen LogP) is 0.222. The van der Waals surface area contributed by atoms with Crippen molar-refractivity contribution in [1.82, 2.24) is 0 Å². The van der Waals surface area contributed by atoms with E-state index in [-0.39, 0.29) is 0 Å². The van der Waals surface area contributed by atoms with E-state index in [0.29, 0.717) is 0 Å². The van der Waals surface area contributed by atoms with Crippen molar-refractivity contribution in [3.05, 3.63) is 4.91 Å². The average molecular weight is 123 g/mol. The molecule has 0 aromatic heterocycles. The molecule has 40 valence electrons. The first-order valence-corrected chi connectivity index (χ1v) is 1.88. The lowest BCUT2D eigenvalue weighted by Crippen LogP contribution is -2.05. The minimum atomic E-state index is -1.78. The summed E-state index contributed by atoms with van der Waals surface area (Å²) in [6.07, 6.45) is -1.78. The van der Waals surface area contributed by atoms with Crippen molar-refractivity contribution in [3.63, 3.8) is 0 Å². The van der Waals surface area contributed by atoms with Crippen molar-refractivity contribution in [2.45, 2.75) is 0 Å². The second-order valence-electron chi connectivity index (χ2n) is 0.614.